The summed E-state index contributed by atoms with van der Waals surface area (Å²) in [6.45, 7) is 1.60. The van der Waals surface area contributed by atoms with Crippen molar-refractivity contribution in [2.24, 2.45) is 11.7 Å². The standard InChI is InChI=1S/C26H26FN5O3/c27-20-9-7-17(8-10-20)16-35-24-21(25(34)31-12-3-5-19(15-31)23(28)33)14-29-26(30-24)32-13-11-18-4-1-2-6-22(18)32/h1-2,4,6-10,14,19H,3,5,11-13,15-16H2,(H2,28,33)/t19-/m0/s1. The fourth-order valence-electron chi connectivity index (χ4n) is 4.59. The Kier molecular flexibility index (Phi) is 6.31. The molecule has 9 heteroatoms. The summed E-state index contributed by atoms with van der Waals surface area (Å²) < 4.78 is 19.3. The van der Waals surface area contributed by atoms with E-state index < -0.39 is 5.91 Å². The fraction of sp³-hybridized carbons (Fsp3) is 0.308. The molecule has 0 spiro atoms. The summed E-state index contributed by atoms with van der Waals surface area (Å²) in [5.41, 5.74) is 8.68. The molecule has 180 valence electrons. The average molecular weight is 476 g/mol. The van der Waals surface area contributed by atoms with Crippen LogP contribution in [-0.2, 0) is 17.8 Å². The fourth-order valence-corrected chi connectivity index (χ4v) is 4.59. The Morgan fingerprint density at radius 3 is 2.71 bits per heavy atom. The van der Waals surface area contributed by atoms with E-state index in [1.807, 2.05) is 23.1 Å². The van der Waals surface area contributed by atoms with Gasteiger partial charge in [-0.3, -0.25) is 9.59 Å². The Hall–Kier alpha value is -4.01. The highest BCUT2D eigenvalue weighted by Gasteiger charge is 2.31. The van der Waals surface area contributed by atoms with Gasteiger partial charge in [0.1, 0.15) is 18.0 Å². The number of halogens is 1. The molecule has 35 heavy (non-hydrogen) atoms. The zero-order chi connectivity index (χ0) is 24.4. The molecular formula is C26H26FN5O3. The molecule has 0 aliphatic carbocycles. The Morgan fingerprint density at radius 2 is 1.91 bits per heavy atom. The normalized spacial score (nSPS) is 17.2. The highest BCUT2D eigenvalue weighted by atomic mass is 19.1. The number of hydrogen-bond donors (Lipinski definition) is 1. The number of nitrogens with two attached hydrogens (primary N) is 1. The summed E-state index contributed by atoms with van der Waals surface area (Å²) in [6.07, 6.45) is 3.71. The quantitative estimate of drug-likeness (QED) is 0.587. The maximum Gasteiger partial charge on any atom is 0.260 e. The Bertz CT molecular complexity index is 1250. The summed E-state index contributed by atoms with van der Waals surface area (Å²) in [7, 11) is 0. The zero-order valence-corrected chi connectivity index (χ0v) is 19.2. The molecule has 2 aliphatic heterocycles. The van der Waals surface area contributed by atoms with Crippen molar-refractivity contribution in [2.75, 3.05) is 24.5 Å². The van der Waals surface area contributed by atoms with Crippen LogP contribution in [0.5, 0.6) is 5.88 Å². The van der Waals surface area contributed by atoms with Crippen molar-refractivity contribution in [3.63, 3.8) is 0 Å². The first kappa shape index (κ1) is 22.8. The van der Waals surface area contributed by atoms with E-state index in [0.29, 0.717) is 25.3 Å². The molecule has 2 aromatic carbocycles. The van der Waals surface area contributed by atoms with Gasteiger partial charge in [-0.05, 0) is 48.6 Å². The Morgan fingerprint density at radius 1 is 1.11 bits per heavy atom. The molecule has 2 N–H and O–H groups in total. The molecule has 0 bridgehead atoms. The highest BCUT2D eigenvalue weighted by molar-refractivity contribution is 5.96. The van der Waals surface area contributed by atoms with Gasteiger partial charge in [-0.15, -0.1) is 0 Å². The number of carbonyl (C=O) groups is 2. The first-order valence-electron chi connectivity index (χ1n) is 11.7. The lowest BCUT2D eigenvalue weighted by Crippen LogP contribution is -2.44. The van der Waals surface area contributed by atoms with Gasteiger partial charge >= 0.3 is 0 Å². The first-order valence-corrected chi connectivity index (χ1v) is 11.7. The second-order valence-electron chi connectivity index (χ2n) is 8.83. The molecule has 5 rings (SSSR count). The van der Waals surface area contributed by atoms with Gasteiger partial charge in [0.05, 0.1) is 5.92 Å². The molecular weight excluding hydrogens is 449 g/mol. The van der Waals surface area contributed by atoms with Gasteiger partial charge in [0.25, 0.3) is 5.91 Å². The van der Waals surface area contributed by atoms with Crippen LogP contribution >= 0.6 is 0 Å². The third-order valence-electron chi connectivity index (χ3n) is 6.50. The second kappa shape index (κ2) is 9.69. The van der Waals surface area contributed by atoms with Crippen LogP contribution < -0.4 is 15.4 Å². The van der Waals surface area contributed by atoms with Gasteiger partial charge in [0.2, 0.25) is 17.7 Å². The van der Waals surface area contributed by atoms with Crippen LogP contribution in [0.25, 0.3) is 0 Å². The molecule has 0 radical (unpaired) electrons. The lowest BCUT2D eigenvalue weighted by molar-refractivity contribution is -0.123. The van der Waals surface area contributed by atoms with Crippen molar-refractivity contribution in [3.05, 3.63) is 77.2 Å². The van der Waals surface area contributed by atoms with E-state index >= 15 is 0 Å². The van der Waals surface area contributed by atoms with Gasteiger partial charge in [-0.25, -0.2) is 9.37 Å². The molecule has 2 amide bonds. The lowest BCUT2D eigenvalue weighted by Gasteiger charge is -2.31. The molecule has 3 aromatic rings. The monoisotopic (exact) mass is 475 g/mol. The summed E-state index contributed by atoms with van der Waals surface area (Å²) in [4.78, 5) is 37.9. The summed E-state index contributed by atoms with van der Waals surface area (Å²) >= 11 is 0. The number of nitrogens with zero attached hydrogens (tertiary/aromatic N) is 4. The molecule has 1 fully saturated rings. The number of piperidine rings is 1. The van der Waals surface area contributed by atoms with E-state index in [9.17, 15) is 14.0 Å². The number of benzene rings is 2. The minimum absolute atomic E-state index is 0.109. The summed E-state index contributed by atoms with van der Waals surface area (Å²) in [6, 6.07) is 14.0. The Labute approximate surface area is 202 Å². The van der Waals surface area contributed by atoms with Gasteiger partial charge in [0, 0.05) is 31.5 Å². The number of anilines is 2. The molecule has 1 aromatic heterocycles. The SMILES string of the molecule is NC(=O)[C@H]1CCCN(C(=O)c2cnc(N3CCc4ccccc43)nc2OCc2ccc(F)cc2)C1. The van der Waals surface area contributed by atoms with Gasteiger partial charge in [-0.2, -0.15) is 4.98 Å². The van der Waals surface area contributed by atoms with Crippen LogP contribution in [0.4, 0.5) is 16.0 Å². The maximum absolute atomic E-state index is 13.4. The van der Waals surface area contributed by atoms with Crippen molar-refractivity contribution in [2.45, 2.75) is 25.9 Å². The summed E-state index contributed by atoms with van der Waals surface area (Å²) in [5.74, 6) is -0.842. The number of primary amides is 1. The first-order chi connectivity index (χ1) is 17.0. The smallest absolute Gasteiger partial charge is 0.260 e. The molecule has 8 nitrogen and oxygen atoms in total. The van der Waals surface area contributed by atoms with E-state index in [-0.39, 0.29) is 42.2 Å². The number of ether oxygens (including phenoxy) is 1. The molecule has 1 atom stereocenters. The van der Waals surface area contributed by atoms with Crippen LogP contribution in [-0.4, -0.2) is 46.3 Å². The predicted octanol–water partition coefficient (Wildman–Crippen LogP) is 3.23. The number of hydrogen-bond acceptors (Lipinski definition) is 6. The molecule has 1 saturated heterocycles. The van der Waals surface area contributed by atoms with Gasteiger partial charge in [-0.1, -0.05) is 30.3 Å². The van der Waals surface area contributed by atoms with E-state index in [4.69, 9.17) is 10.5 Å². The summed E-state index contributed by atoms with van der Waals surface area (Å²) in [5, 5.41) is 0. The van der Waals surface area contributed by atoms with Crippen molar-refractivity contribution in [1.29, 1.82) is 0 Å². The van der Waals surface area contributed by atoms with Crippen molar-refractivity contribution in [1.82, 2.24) is 14.9 Å². The van der Waals surface area contributed by atoms with Crippen LogP contribution in [0.1, 0.15) is 34.3 Å². The number of carbonyl (C=O) groups excluding carboxylic acids is 2. The number of fused-ring (bicyclic) bond motifs is 1. The van der Waals surface area contributed by atoms with E-state index in [0.717, 1.165) is 24.2 Å². The molecule has 3 heterocycles. The van der Waals surface area contributed by atoms with Crippen molar-refractivity contribution in [3.8, 4) is 5.88 Å². The zero-order valence-electron chi connectivity index (χ0n) is 19.2. The number of para-hydroxylation sites is 1. The highest BCUT2D eigenvalue weighted by Crippen LogP contribution is 2.34. The lowest BCUT2D eigenvalue weighted by atomic mass is 9.97. The maximum atomic E-state index is 13.4. The van der Waals surface area contributed by atoms with E-state index in [2.05, 4.69) is 16.0 Å². The predicted molar refractivity (Wildman–Crippen MR) is 128 cm³/mol. The topological polar surface area (TPSA) is 102 Å². The number of rotatable bonds is 6. The number of aromatic nitrogens is 2. The van der Waals surface area contributed by atoms with Gasteiger partial charge < -0.3 is 20.3 Å². The van der Waals surface area contributed by atoms with Crippen LogP contribution in [0.2, 0.25) is 0 Å². The third-order valence-corrected chi connectivity index (χ3v) is 6.50. The minimum atomic E-state index is -0.408. The van der Waals surface area contributed by atoms with E-state index in [1.54, 1.807) is 17.0 Å². The molecule has 0 saturated carbocycles. The molecule has 0 unspecified atom stereocenters. The molecule has 2 aliphatic rings. The third kappa shape index (κ3) is 4.80. The van der Waals surface area contributed by atoms with Crippen molar-refractivity contribution >= 4 is 23.5 Å². The minimum Gasteiger partial charge on any atom is -0.472 e. The Balaban J connectivity index is 1.45. The van der Waals surface area contributed by atoms with Crippen LogP contribution in [0, 0.1) is 11.7 Å². The van der Waals surface area contributed by atoms with E-state index in [1.165, 1.54) is 23.9 Å². The van der Waals surface area contributed by atoms with Gasteiger partial charge in [0.15, 0.2) is 0 Å². The number of likely N-dealkylation sites (tertiary alicyclic amines) is 1. The van der Waals surface area contributed by atoms with Crippen molar-refractivity contribution < 1.29 is 18.7 Å². The largest absolute Gasteiger partial charge is 0.472 e. The van der Waals surface area contributed by atoms with Crippen LogP contribution in [0.15, 0.2) is 54.7 Å². The van der Waals surface area contributed by atoms with Crippen LogP contribution in [0.3, 0.4) is 0 Å². The second-order valence-corrected chi connectivity index (χ2v) is 8.83. The number of amides is 2. The average Bonchev–Trinajstić information content (AvgIpc) is 3.32.